The molecule has 0 spiro atoms. The number of carbonyl (C=O) groups excluding carboxylic acids is 1. The summed E-state index contributed by atoms with van der Waals surface area (Å²) in [5.41, 5.74) is 0.430. The second-order valence-corrected chi connectivity index (χ2v) is 9.87. The molecule has 1 amide bonds. The minimum atomic E-state index is -1.33. The van der Waals surface area contributed by atoms with Gasteiger partial charge >= 0.3 is 0 Å². The molecule has 178 valence electrons. The number of rotatable bonds is 8. The highest BCUT2D eigenvalue weighted by atomic mass is 32.2. The molecular formula is C23H35N3O5S. The number of amides is 1. The van der Waals surface area contributed by atoms with Gasteiger partial charge in [0.15, 0.2) is 0 Å². The number of hydrogen-bond acceptors (Lipinski definition) is 8. The predicted octanol–water partition coefficient (Wildman–Crippen LogP) is 0.774. The lowest BCUT2D eigenvalue weighted by Gasteiger charge is -2.44. The minimum absolute atomic E-state index is 0.0379. The first kappa shape index (κ1) is 25.1. The van der Waals surface area contributed by atoms with Gasteiger partial charge in [0.1, 0.15) is 29.9 Å². The molecule has 0 radical (unpaired) electrons. The molecule has 3 heterocycles. The third-order valence-electron chi connectivity index (χ3n) is 6.24. The van der Waals surface area contributed by atoms with Crippen LogP contribution >= 0.6 is 11.8 Å². The van der Waals surface area contributed by atoms with Crippen molar-refractivity contribution in [1.82, 2.24) is 15.6 Å². The zero-order valence-electron chi connectivity index (χ0n) is 18.8. The number of aromatic nitrogens is 1. The largest absolute Gasteiger partial charge is 0.388 e. The van der Waals surface area contributed by atoms with Crippen LogP contribution < -0.4 is 10.6 Å². The first-order chi connectivity index (χ1) is 15.3. The Balaban J connectivity index is 1.56. The molecule has 2 fully saturated rings. The number of nitrogens with zero attached hydrogens (tertiary/aromatic N) is 1. The summed E-state index contributed by atoms with van der Waals surface area (Å²) >= 11 is 1.26. The van der Waals surface area contributed by atoms with Crippen LogP contribution in [-0.2, 0) is 9.53 Å². The summed E-state index contributed by atoms with van der Waals surface area (Å²) in [6, 6.07) is 3.08. The van der Waals surface area contributed by atoms with Crippen LogP contribution in [0.4, 0.5) is 0 Å². The lowest BCUT2D eigenvalue weighted by Crippen LogP contribution is -2.64. The van der Waals surface area contributed by atoms with E-state index >= 15 is 0 Å². The number of pyridine rings is 1. The van der Waals surface area contributed by atoms with Crippen LogP contribution in [0.1, 0.15) is 32.3 Å². The summed E-state index contributed by atoms with van der Waals surface area (Å²) in [7, 11) is 0. The average Bonchev–Trinajstić information content (AvgIpc) is 3.26. The second-order valence-electron chi connectivity index (χ2n) is 8.94. The third kappa shape index (κ3) is 6.09. The number of ether oxygens (including phenoxy) is 1. The van der Waals surface area contributed by atoms with Crippen LogP contribution in [0, 0.1) is 11.8 Å². The second kappa shape index (κ2) is 11.6. The smallest absolute Gasteiger partial charge is 0.237 e. The zero-order valence-corrected chi connectivity index (χ0v) is 19.6. The predicted molar refractivity (Wildman–Crippen MR) is 125 cm³/mol. The van der Waals surface area contributed by atoms with Gasteiger partial charge in [0, 0.05) is 12.4 Å². The maximum absolute atomic E-state index is 13.0. The van der Waals surface area contributed by atoms with Gasteiger partial charge in [0.2, 0.25) is 5.91 Å². The van der Waals surface area contributed by atoms with Gasteiger partial charge in [-0.25, -0.2) is 0 Å². The van der Waals surface area contributed by atoms with Gasteiger partial charge in [-0.1, -0.05) is 26.0 Å². The van der Waals surface area contributed by atoms with Crippen LogP contribution in [-0.4, -0.2) is 80.9 Å². The molecule has 0 saturated carbocycles. The number of allylic oxidation sites excluding steroid dienone is 1. The van der Waals surface area contributed by atoms with Gasteiger partial charge in [-0.05, 0) is 55.2 Å². The van der Waals surface area contributed by atoms with E-state index in [-0.39, 0.29) is 17.9 Å². The maximum atomic E-state index is 13.0. The fourth-order valence-electron chi connectivity index (χ4n) is 4.32. The van der Waals surface area contributed by atoms with Gasteiger partial charge in [-0.2, -0.15) is 0 Å². The van der Waals surface area contributed by atoms with Crippen molar-refractivity contribution in [2.45, 2.75) is 68.6 Å². The Hall–Kier alpha value is -1.49. The normalized spacial score (nSPS) is 34.2. The van der Waals surface area contributed by atoms with Gasteiger partial charge in [0.05, 0.1) is 12.1 Å². The van der Waals surface area contributed by atoms with Crippen molar-refractivity contribution < 1.29 is 24.9 Å². The van der Waals surface area contributed by atoms with Gasteiger partial charge < -0.3 is 30.7 Å². The van der Waals surface area contributed by atoms with Crippen molar-refractivity contribution in [3.05, 3.63) is 36.2 Å². The topological polar surface area (TPSA) is 124 Å². The summed E-state index contributed by atoms with van der Waals surface area (Å²) in [5.74, 6) is 0.182. The molecule has 5 N–H and O–H groups in total. The quantitative estimate of drug-likeness (QED) is 0.382. The van der Waals surface area contributed by atoms with Crippen molar-refractivity contribution in [1.29, 1.82) is 0 Å². The molecule has 1 aromatic heterocycles. The van der Waals surface area contributed by atoms with E-state index in [0.29, 0.717) is 5.92 Å². The molecule has 9 heteroatoms. The molecule has 2 aliphatic rings. The number of hydrogen-bond donors (Lipinski definition) is 5. The lowest BCUT2D eigenvalue weighted by atomic mass is 9.88. The van der Waals surface area contributed by atoms with E-state index in [4.69, 9.17) is 4.74 Å². The molecule has 5 unspecified atom stereocenters. The fraction of sp³-hybridized carbons (Fsp3) is 0.652. The van der Waals surface area contributed by atoms with Crippen LogP contribution in [0.5, 0.6) is 0 Å². The summed E-state index contributed by atoms with van der Waals surface area (Å²) in [4.78, 5) is 17.0. The number of thioether (sulfide) groups is 1. The van der Waals surface area contributed by atoms with Crippen molar-refractivity contribution >= 4 is 23.7 Å². The maximum Gasteiger partial charge on any atom is 0.237 e. The Morgan fingerprint density at radius 1 is 1.28 bits per heavy atom. The van der Waals surface area contributed by atoms with Crippen LogP contribution in [0.3, 0.4) is 0 Å². The number of aliphatic hydroxyl groups excluding tert-OH is 3. The Kier molecular flexibility index (Phi) is 9.10. The lowest BCUT2D eigenvalue weighted by molar-refractivity contribution is -0.208. The molecule has 8 nitrogen and oxygen atoms in total. The first-order valence-corrected chi connectivity index (χ1v) is 12.4. The van der Waals surface area contributed by atoms with Gasteiger partial charge in [0.25, 0.3) is 0 Å². The molecule has 3 rings (SSSR count). The average molecular weight is 466 g/mol. The van der Waals surface area contributed by atoms with Crippen LogP contribution in [0.25, 0.3) is 6.08 Å². The summed E-state index contributed by atoms with van der Waals surface area (Å²) in [5, 5.41) is 37.2. The molecule has 8 atom stereocenters. The van der Waals surface area contributed by atoms with E-state index in [9.17, 15) is 20.1 Å². The Morgan fingerprint density at radius 2 is 2.00 bits per heavy atom. The molecule has 0 bridgehead atoms. The van der Waals surface area contributed by atoms with E-state index in [0.717, 1.165) is 24.9 Å². The van der Waals surface area contributed by atoms with E-state index < -0.39 is 35.9 Å². The zero-order chi connectivity index (χ0) is 23.3. The Labute approximate surface area is 193 Å². The Bertz CT molecular complexity index is 763. The number of carbonyl (C=O) groups is 1. The highest BCUT2D eigenvalue weighted by molar-refractivity contribution is 7.99. The molecule has 1 aromatic rings. The fourth-order valence-corrected chi connectivity index (χ4v) is 5.00. The summed E-state index contributed by atoms with van der Waals surface area (Å²) in [6.07, 6.45) is 6.46. The summed E-state index contributed by atoms with van der Waals surface area (Å²) < 4.78 is 5.89. The standard InChI is InChI=1S/C23H35N3O5S/c1-13(2)17(21-19(28)18(27)20(29)23(31-21)32-3)26-22(30)16-11-15(12-25-16)6-4-5-14-7-9-24-10-8-14/h4-5,7-10,13,15-21,23,25,27-29H,6,11-12H2,1-3H3,(H,26,30)/b5-4+/t15-,16?,17-,18?,19-,20?,21?,23?/m1/s1. The molecule has 2 saturated heterocycles. The first-order valence-electron chi connectivity index (χ1n) is 11.1. The van der Waals surface area contributed by atoms with Crippen molar-refractivity contribution in [3.8, 4) is 0 Å². The highest BCUT2D eigenvalue weighted by Crippen LogP contribution is 2.30. The van der Waals surface area contributed by atoms with E-state index in [1.165, 1.54) is 11.8 Å². The monoisotopic (exact) mass is 465 g/mol. The molecule has 0 aliphatic carbocycles. The molecule has 2 aliphatic heterocycles. The van der Waals surface area contributed by atoms with Crippen molar-refractivity contribution in [2.24, 2.45) is 11.8 Å². The van der Waals surface area contributed by atoms with Crippen molar-refractivity contribution in [3.63, 3.8) is 0 Å². The summed E-state index contributed by atoms with van der Waals surface area (Å²) in [6.45, 7) is 4.62. The van der Waals surface area contributed by atoms with E-state index in [2.05, 4.69) is 27.8 Å². The van der Waals surface area contributed by atoms with Crippen molar-refractivity contribution in [2.75, 3.05) is 12.8 Å². The molecule has 32 heavy (non-hydrogen) atoms. The van der Waals surface area contributed by atoms with E-state index in [1.807, 2.05) is 26.0 Å². The molecular weight excluding hydrogens is 430 g/mol. The van der Waals surface area contributed by atoms with Gasteiger partial charge in [-0.15, -0.1) is 11.8 Å². The SMILES string of the molecule is CSC1OC([C@H](NC(=O)C2C[C@@H](C/C=C/c3ccncc3)CN2)C(C)C)[C@H](O)C(O)C1O. The number of nitrogens with one attached hydrogen (secondary N) is 2. The molecule has 0 aromatic carbocycles. The highest BCUT2D eigenvalue weighted by Gasteiger charge is 2.47. The number of aliphatic hydroxyl groups is 3. The van der Waals surface area contributed by atoms with E-state index in [1.54, 1.807) is 18.6 Å². The van der Waals surface area contributed by atoms with Crippen LogP contribution in [0.2, 0.25) is 0 Å². The van der Waals surface area contributed by atoms with Gasteiger partial charge in [-0.3, -0.25) is 9.78 Å². The third-order valence-corrected chi connectivity index (χ3v) is 7.10. The van der Waals surface area contributed by atoms with Crippen LogP contribution in [0.15, 0.2) is 30.6 Å². The Morgan fingerprint density at radius 3 is 2.66 bits per heavy atom. The minimum Gasteiger partial charge on any atom is -0.388 e.